The van der Waals surface area contributed by atoms with Crippen molar-refractivity contribution in [1.29, 1.82) is 0 Å². The maximum atomic E-state index is 12.7. The monoisotopic (exact) mass is 465 g/mol. The van der Waals surface area contributed by atoms with Crippen molar-refractivity contribution in [2.45, 2.75) is 51.5 Å². The summed E-state index contributed by atoms with van der Waals surface area (Å²) >= 11 is 0. The Morgan fingerprint density at radius 3 is 2.61 bits per heavy atom. The number of halogens is 3. The number of nitro benzene ring substituents is 1. The van der Waals surface area contributed by atoms with E-state index in [9.17, 15) is 28.1 Å². The van der Waals surface area contributed by atoms with Crippen LogP contribution < -0.4 is 10.1 Å². The van der Waals surface area contributed by atoms with Crippen LogP contribution in [0, 0.1) is 10.1 Å². The first kappa shape index (κ1) is 24.5. The van der Waals surface area contributed by atoms with Crippen LogP contribution in [0.3, 0.4) is 0 Å². The highest BCUT2D eigenvalue weighted by Crippen LogP contribution is 2.26. The van der Waals surface area contributed by atoms with Gasteiger partial charge in [0, 0.05) is 25.2 Å². The van der Waals surface area contributed by atoms with Gasteiger partial charge in [0.25, 0.3) is 11.6 Å². The average Bonchev–Trinajstić information content (AvgIpc) is 2.77. The number of benzene rings is 2. The molecule has 1 aliphatic rings. The highest BCUT2D eigenvalue weighted by Gasteiger charge is 2.29. The minimum Gasteiger partial charge on any atom is -0.484 e. The number of ether oxygens (including phenoxy) is 1. The van der Waals surface area contributed by atoms with Crippen molar-refractivity contribution in [1.82, 2.24) is 10.2 Å². The van der Waals surface area contributed by atoms with E-state index < -0.39 is 29.3 Å². The molecular formula is C23H26F3N3O4. The molecule has 0 aliphatic carbocycles. The van der Waals surface area contributed by atoms with E-state index in [-0.39, 0.29) is 17.9 Å². The first-order chi connectivity index (χ1) is 15.6. The Hall–Kier alpha value is -3.14. The number of amides is 1. The van der Waals surface area contributed by atoms with Gasteiger partial charge in [-0.15, -0.1) is 0 Å². The summed E-state index contributed by atoms with van der Waals surface area (Å²) in [6.07, 6.45) is -1.09. The van der Waals surface area contributed by atoms with Crippen molar-refractivity contribution in [3.63, 3.8) is 0 Å². The second-order valence-electron chi connectivity index (χ2n) is 8.11. The molecule has 1 heterocycles. The predicted molar refractivity (Wildman–Crippen MR) is 116 cm³/mol. The van der Waals surface area contributed by atoms with Crippen LogP contribution in [0.1, 0.15) is 47.7 Å². The summed E-state index contributed by atoms with van der Waals surface area (Å²) in [5, 5.41) is 14.0. The van der Waals surface area contributed by atoms with Crippen LogP contribution in [0.25, 0.3) is 0 Å². The van der Waals surface area contributed by atoms with Crippen LogP contribution in [0.4, 0.5) is 18.9 Å². The molecule has 1 atom stereocenters. The highest BCUT2D eigenvalue weighted by atomic mass is 19.4. The lowest BCUT2D eigenvalue weighted by molar-refractivity contribution is -0.385. The number of hydrogen-bond donors (Lipinski definition) is 1. The number of carbonyl (C=O) groups excluding carboxylic acids is 1. The van der Waals surface area contributed by atoms with Gasteiger partial charge in [-0.2, -0.15) is 13.2 Å². The van der Waals surface area contributed by atoms with E-state index >= 15 is 0 Å². The summed E-state index contributed by atoms with van der Waals surface area (Å²) in [5.41, 5.74) is 1.04. The molecule has 1 unspecified atom stereocenters. The first-order valence-corrected chi connectivity index (χ1v) is 10.7. The van der Waals surface area contributed by atoms with Gasteiger partial charge in [-0.05, 0) is 49.6 Å². The molecule has 10 heteroatoms. The van der Waals surface area contributed by atoms with Crippen molar-refractivity contribution in [2.24, 2.45) is 0 Å². The summed E-state index contributed by atoms with van der Waals surface area (Å²) < 4.78 is 41.9. The predicted octanol–water partition coefficient (Wildman–Crippen LogP) is 4.84. The quantitative estimate of drug-likeness (QED) is 0.446. The second-order valence-corrected chi connectivity index (χ2v) is 8.11. The second kappa shape index (κ2) is 10.7. The molecule has 0 bridgehead atoms. The Morgan fingerprint density at radius 1 is 1.21 bits per heavy atom. The van der Waals surface area contributed by atoms with Gasteiger partial charge in [-0.3, -0.25) is 19.8 Å². The SMILES string of the molecule is CC1CCCCN1Cc1ccccc1CNC(=O)c1cc(OCC(F)(F)F)ccc1[N+](=O)[O-]. The van der Waals surface area contributed by atoms with Crippen LogP contribution in [-0.2, 0) is 13.1 Å². The lowest BCUT2D eigenvalue weighted by atomic mass is 10.0. The number of rotatable bonds is 8. The Morgan fingerprint density at radius 2 is 1.94 bits per heavy atom. The van der Waals surface area contributed by atoms with Crippen LogP contribution >= 0.6 is 0 Å². The van der Waals surface area contributed by atoms with E-state index in [1.54, 1.807) is 0 Å². The van der Waals surface area contributed by atoms with Gasteiger partial charge in [0.1, 0.15) is 11.3 Å². The first-order valence-electron chi connectivity index (χ1n) is 10.7. The van der Waals surface area contributed by atoms with E-state index in [0.29, 0.717) is 6.04 Å². The minimum atomic E-state index is -4.57. The molecule has 0 aromatic heterocycles. The Balaban J connectivity index is 1.73. The largest absolute Gasteiger partial charge is 0.484 e. The molecule has 1 fully saturated rings. The van der Waals surface area contributed by atoms with Gasteiger partial charge in [0.15, 0.2) is 6.61 Å². The van der Waals surface area contributed by atoms with Gasteiger partial charge in [0.2, 0.25) is 0 Å². The molecular weight excluding hydrogens is 439 g/mol. The van der Waals surface area contributed by atoms with Gasteiger partial charge in [-0.1, -0.05) is 30.7 Å². The summed E-state index contributed by atoms with van der Waals surface area (Å²) in [7, 11) is 0. The maximum Gasteiger partial charge on any atom is 0.422 e. The maximum absolute atomic E-state index is 12.7. The molecule has 7 nitrogen and oxygen atoms in total. The normalized spacial score (nSPS) is 16.9. The number of carbonyl (C=O) groups is 1. The molecule has 1 saturated heterocycles. The fourth-order valence-corrected chi connectivity index (χ4v) is 3.88. The number of nitro groups is 1. The lowest BCUT2D eigenvalue weighted by Gasteiger charge is -2.33. The molecule has 0 saturated carbocycles. The van der Waals surface area contributed by atoms with Crippen LogP contribution in [0.15, 0.2) is 42.5 Å². The van der Waals surface area contributed by atoms with Crippen molar-refractivity contribution >= 4 is 11.6 Å². The third kappa shape index (κ3) is 6.92. The molecule has 33 heavy (non-hydrogen) atoms. The van der Waals surface area contributed by atoms with E-state index in [0.717, 1.165) is 55.3 Å². The number of nitrogens with one attached hydrogen (secondary N) is 1. The van der Waals surface area contributed by atoms with Crippen LogP contribution in [0.5, 0.6) is 5.75 Å². The molecule has 0 radical (unpaired) electrons. The minimum absolute atomic E-state index is 0.127. The fraction of sp³-hybridized carbons (Fsp3) is 0.435. The van der Waals surface area contributed by atoms with Crippen molar-refractivity contribution in [3.8, 4) is 5.75 Å². The summed E-state index contributed by atoms with van der Waals surface area (Å²) in [5.74, 6) is -1.04. The van der Waals surface area contributed by atoms with E-state index in [2.05, 4.69) is 21.9 Å². The third-order valence-electron chi connectivity index (χ3n) is 5.68. The Kier molecular flexibility index (Phi) is 7.91. The number of piperidine rings is 1. The van der Waals surface area contributed by atoms with E-state index in [1.165, 1.54) is 6.42 Å². The molecule has 0 spiro atoms. The Labute approximate surface area is 189 Å². The number of alkyl halides is 3. The number of nitrogens with zero attached hydrogens (tertiary/aromatic N) is 2. The van der Waals surface area contributed by atoms with Gasteiger partial charge in [-0.25, -0.2) is 0 Å². The highest BCUT2D eigenvalue weighted by molar-refractivity contribution is 5.98. The van der Waals surface area contributed by atoms with Crippen molar-refractivity contribution < 1.29 is 27.6 Å². The summed E-state index contributed by atoms with van der Waals surface area (Å²) in [4.78, 5) is 25.7. The molecule has 2 aromatic rings. The van der Waals surface area contributed by atoms with Gasteiger partial charge in [0.05, 0.1) is 4.92 Å². The average molecular weight is 465 g/mol. The zero-order valence-corrected chi connectivity index (χ0v) is 18.2. The lowest BCUT2D eigenvalue weighted by Crippen LogP contribution is -2.37. The van der Waals surface area contributed by atoms with Crippen molar-refractivity contribution in [3.05, 3.63) is 69.3 Å². The molecule has 178 valence electrons. The molecule has 3 rings (SSSR count). The van der Waals surface area contributed by atoms with Gasteiger partial charge >= 0.3 is 6.18 Å². The standard InChI is InChI=1S/C23H26F3N3O4/c1-16-6-4-5-11-28(16)14-18-8-3-2-7-17(18)13-27-22(30)20-12-19(33-15-23(24,25)26)9-10-21(20)29(31)32/h2-3,7-10,12,16H,4-6,11,13-15H2,1H3,(H,27,30). The zero-order chi connectivity index (χ0) is 24.0. The number of likely N-dealkylation sites (tertiary alicyclic amines) is 1. The van der Waals surface area contributed by atoms with Crippen LogP contribution in [0.2, 0.25) is 0 Å². The summed E-state index contributed by atoms with van der Waals surface area (Å²) in [6.45, 7) is 2.49. The van der Waals surface area contributed by atoms with Crippen molar-refractivity contribution in [2.75, 3.05) is 13.2 Å². The molecule has 1 N–H and O–H groups in total. The molecule has 2 aromatic carbocycles. The zero-order valence-electron chi connectivity index (χ0n) is 18.2. The molecule has 1 aliphatic heterocycles. The topological polar surface area (TPSA) is 84.7 Å². The van der Waals surface area contributed by atoms with E-state index in [4.69, 9.17) is 0 Å². The van der Waals surface area contributed by atoms with Gasteiger partial charge < -0.3 is 10.1 Å². The fourth-order valence-electron chi connectivity index (χ4n) is 3.88. The third-order valence-corrected chi connectivity index (χ3v) is 5.68. The number of hydrogen-bond acceptors (Lipinski definition) is 5. The Bertz CT molecular complexity index is 997. The summed E-state index contributed by atoms with van der Waals surface area (Å²) in [6, 6.07) is 11.0. The smallest absolute Gasteiger partial charge is 0.422 e. The van der Waals surface area contributed by atoms with Crippen LogP contribution in [-0.4, -0.2) is 41.1 Å². The molecule has 1 amide bonds. The van der Waals surface area contributed by atoms with E-state index in [1.807, 2.05) is 24.3 Å².